The average Bonchev–Trinajstić information content (AvgIpc) is 2.73. The lowest BCUT2D eigenvalue weighted by Crippen LogP contribution is -2.54. The summed E-state index contributed by atoms with van der Waals surface area (Å²) < 4.78 is 0. The molecule has 0 radical (unpaired) electrons. The predicted molar refractivity (Wildman–Crippen MR) is 110 cm³/mol. The smallest absolute Gasteiger partial charge is 0.270 e. The molecule has 1 atom stereocenters. The second-order valence-corrected chi connectivity index (χ2v) is 7.10. The van der Waals surface area contributed by atoms with Crippen LogP contribution in [0.3, 0.4) is 0 Å². The van der Waals surface area contributed by atoms with Gasteiger partial charge in [0.15, 0.2) is 0 Å². The topological polar surface area (TPSA) is 95.8 Å². The highest BCUT2D eigenvalue weighted by Gasteiger charge is 2.26. The zero-order valence-electron chi connectivity index (χ0n) is 16.5. The number of benzene rings is 2. The maximum atomic E-state index is 12.7. The van der Waals surface area contributed by atoms with Gasteiger partial charge in [0.05, 0.1) is 4.92 Å². The molecule has 152 valence electrons. The molecule has 1 N–H and O–H groups in total. The number of aryl methyl sites for hydroxylation is 1. The van der Waals surface area contributed by atoms with Crippen molar-refractivity contribution in [3.63, 3.8) is 0 Å². The van der Waals surface area contributed by atoms with E-state index in [2.05, 4.69) is 29.3 Å². The van der Waals surface area contributed by atoms with Gasteiger partial charge in [0.2, 0.25) is 5.91 Å². The van der Waals surface area contributed by atoms with Crippen LogP contribution < -0.4 is 10.2 Å². The van der Waals surface area contributed by atoms with Gasteiger partial charge in [0.25, 0.3) is 11.6 Å². The molecule has 0 spiro atoms. The van der Waals surface area contributed by atoms with E-state index in [0.717, 1.165) is 13.1 Å². The number of amides is 2. The van der Waals surface area contributed by atoms with Crippen LogP contribution in [-0.4, -0.2) is 53.9 Å². The monoisotopic (exact) mass is 396 g/mol. The van der Waals surface area contributed by atoms with Crippen molar-refractivity contribution in [2.75, 3.05) is 31.1 Å². The average molecular weight is 396 g/mol. The number of nitrogens with zero attached hydrogens (tertiary/aromatic N) is 3. The Morgan fingerprint density at radius 2 is 1.76 bits per heavy atom. The summed E-state index contributed by atoms with van der Waals surface area (Å²) in [4.78, 5) is 39.4. The fourth-order valence-corrected chi connectivity index (χ4v) is 3.46. The number of piperazine rings is 1. The van der Waals surface area contributed by atoms with E-state index in [1.54, 1.807) is 11.8 Å². The van der Waals surface area contributed by atoms with Crippen LogP contribution in [0.4, 0.5) is 11.4 Å². The van der Waals surface area contributed by atoms with Crippen molar-refractivity contribution >= 4 is 23.2 Å². The van der Waals surface area contributed by atoms with Crippen molar-refractivity contribution in [1.82, 2.24) is 10.2 Å². The second-order valence-electron chi connectivity index (χ2n) is 7.10. The molecule has 1 aliphatic heterocycles. The van der Waals surface area contributed by atoms with Crippen LogP contribution in [0.1, 0.15) is 22.8 Å². The molecule has 3 rings (SSSR count). The summed E-state index contributed by atoms with van der Waals surface area (Å²) in [6.45, 7) is 6.29. The van der Waals surface area contributed by atoms with E-state index < -0.39 is 16.9 Å². The Labute approximate surface area is 169 Å². The fourth-order valence-electron chi connectivity index (χ4n) is 3.46. The van der Waals surface area contributed by atoms with Crippen molar-refractivity contribution in [3.05, 3.63) is 69.8 Å². The van der Waals surface area contributed by atoms with Gasteiger partial charge in [-0.25, -0.2) is 0 Å². The Hall–Kier alpha value is -3.42. The molecule has 0 bridgehead atoms. The van der Waals surface area contributed by atoms with Crippen LogP contribution in [0, 0.1) is 17.0 Å². The molecule has 2 aromatic rings. The lowest BCUT2D eigenvalue weighted by molar-refractivity contribution is -0.384. The molecular formula is C21H24N4O4. The Morgan fingerprint density at radius 1 is 1.07 bits per heavy atom. The quantitative estimate of drug-likeness (QED) is 0.618. The first-order valence-electron chi connectivity index (χ1n) is 9.51. The number of carbonyl (C=O) groups excluding carboxylic acids is 2. The van der Waals surface area contributed by atoms with Gasteiger partial charge in [-0.1, -0.05) is 24.3 Å². The van der Waals surface area contributed by atoms with Crippen LogP contribution in [0.25, 0.3) is 0 Å². The van der Waals surface area contributed by atoms with Crippen molar-refractivity contribution in [3.8, 4) is 0 Å². The summed E-state index contributed by atoms with van der Waals surface area (Å²) in [7, 11) is 0. The highest BCUT2D eigenvalue weighted by atomic mass is 16.6. The summed E-state index contributed by atoms with van der Waals surface area (Å²) >= 11 is 0. The molecule has 1 heterocycles. The molecule has 0 aromatic heterocycles. The summed E-state index contributed by atoms with van der Waals surface area (Å²) in [5.41, 5.74) is 2.36. The zero-order chi connectivity index (χ0) is 21.0. The highest BCUT2D eigenvalue weighted by Crippen LogP contribution is 2.21. The molecule has 1 unspecified atom stereocenters. The lowest BCUT2D eigenvalue weighted by atomic mass is 10.1. The van der Waals surface area contributed by atoms with E-state index in [9.17, 15) is 19.7 Å². The van der Waals surface area contributed by atoms with Gasteiger partial charge in [-0.15, -0.1) is 0 Å². The number of nitro groups is 1. The van der Waals surface area contributed by atoms with Gasteiger partial charge in [-0.05, 0) is 31.5 Å². The predicted octanol–water partition coefficient (Wildman–Crippen LogP) is 2.37. The minimum Gasteiger partial charge on any atom is -0.368 e. The van der Waals surface area contributed by atoms with Gasteiger partial charge in [-0.3, -0.25) is 19.7 Å². The number of nitro benzene ring substituents is 1. The molecule has 0 aliphatic carbocycles. The Balaban J connectivity index is 1.57. The first-order valence-corrected chi connectivity index (χ1v) is 9.51. The maximum Gasteiger partial charge on any atom is 0.270 e. The van der Waals surface area contributed by atoms with Crippen LogP contribution in [0.5, 0.6) is 0 Å². The number of hydrogen-bond donors (Lipinski definition) is 1. The van der Waals surface area contributed by atoms with E-state index in [4.69, 9.17) is 0 Å². The summed E-state index contributed by atoms with van der Waals surface area (Å²) in [5.74, 6) is -0.665. The number of rotatable bonds is 5. The third kappa shape index (κ3) is 4.71. The Bertz CT molecular complexity index is 922. The van der Waals surface area contributed by atoms with E-state index >= 15 is 0 Å². The van der Waals surface area contributed by atoms with Gasteiger partial charge < -0.3 is 15.1 Å². The standard InChI is InChI=1S/C21H24N4O4/c1-15-6-3-4-9-19(15)23-10-12-24(13-11-23)21(27)16(2)22-20(26)17-7-5-8-18(14-17)25(28)29/h3-9,14,16H,10-13H2,1-2H3,(H,22,26). The van der Waals surface area contributed by atoms with E-state index in [1.807, 2.05) is 12.1 Å². The Kier molecular flexibility index (Phi) is 6.11. The van der Waals surface area contributed by atoms with Gasteiger partial charge in [0.1, 0.15) is 6.04 Å². The summed E-state index contributed by atoms with van der Waals surface area (Å²) in [6.07, 6.45) is 0. The minimum atomic E-state index is -0.716. The molecule has 29 heavy (non-hydrogen) atoms. The van der Waals surface area contributed by atoms with Crippen molar-refractivity contribution in [2.24, 2.45) is 0 Å². The van der Waals surface area contributed by atoms with Gasteiger partial charge >= 0.3 is 0 Å². The largest absolute Gasteiger partial charge is 0.368 e. The molecule has 2 aromatic carbocycles. The first kappa shape index (κ1) is 20.3. The van der Waals surface area contributed by atoms with E-state index in [1.165, 1.54) is 35.5 Å². The number of non-ortho nitro benzene ring substituents is 1. The normalized spacial score (nSPS) is 15.0. The molecule has 1 fully saturated rings. The summed E-state index contributed by atoms with van der Waals surface area (Å²) in [6, 6.07) is 12.9. The number of hydrogen-bond acceptors (Lipinski definition) is 5. The molecule has 1 aliphatic rings. The molecule has 1 saturated heterocycles. The van der Waals surface area contributed by atoms with E-state index in [0.29, 0.717) is 13.1 Å². The van der Waals surface area contributed by atoms with Crippen LogP contribution in [0.15, 0.2) is 48.5 Å². The molecule has 8 heteroatoms. The van der Waals surface area contributed by atoms with Gasteiger partial charge in [-0.2, -0.15) is 0 Å². The first-order chi connectivity index (χ1) is 13.9. The highest BCUT2D eigenvalue weighted by molar-refractivity contribution is 5.97. The number of nitrogens with one attached hydrogen (secondary N) is 1. The molecule has 0 saturated carbocycles. The Morgan fingerprint density at radius 3 is 2.41 bits per heavy atom. The van der Waals surface area contributed by atoms with E-state index in [-0.39, 0.29) is 17.2 Å². The number of anilines is 1. The summed E-state index contributed by atoms with van der Waals surface area (Å²) in [5, 5.41) is 13.5. The van der Waals surface area contributed by atoms with Crippen LogP contribution >= 0.6 is 0 Å². The van der Waals surface area contributed by atoms with Crippen LogP contribution in [0.2, 0.25) is 0 Å². The van der Waals surface area contributed by atoms with Gasteiger partial charge in [0, 0.05) is 49.6 Å². The maximum absolute atomic E-state index is 12.7. The van der Waals surface area contributed by atoms with Crippen molar-refractivity contribution in [2.45, 2.75) is 19.9 Å². The number of para-hydroxylation sites is 1. The zero-order valence-corrected chi connectivity index (χ0v) is 16.5. The van der Waals surface area contributed by atoms with Crippen molar-refractivity contribution < 1.29 is 14.5 Å². The molecule has 2 amide bonds. The molecular weight excluding hydrogens is 372 g/mol. The number of carbonyl (C=O) groups is 2. The fraction of sp³-hybridized carbons (Fsp3) is 0.333. The van der Waals surface area contributed by atoms with Crippen molar-refractivity contribution in [1.29, 1.82) is 0 Å². The minimum absolute atomic E-state index is 0.156. The second kappa shape index (κ2) is 8.72. The molecule has 8 nitrogen and oxygen atoms in total. The lowest BCUT2D eigenvalue weighted by Gasteiger charge is -2.37. The third-order valence-electron chi connectivity index (χ3n) is 5.08. The van der Waals surface area contributed by atoms with Crippen LogP contribution in [-0.2, 0) is 4.79 Å². The SMILES string of the molecule is Cc1ccccc1N1CCN(C(=O)C(C)NC(=O)c2cccc([N+](=O)[O-])c2)CC1. The third-order valence-corrected chi connectivity index (χ3v) is 5.08.